The Morgan fingerprint density at radius 2 is 1.88 bits per heavy atom. The molecule has 1 fully saturated rings. The quantitative estimate of drug-likeness (QED) is 0.744. The van der Waals surface area contributed by atoms with Crippen molar-refractivity contribution in [2.24, 2.45) is 0 Å². The summed E-state index contributed by atoms with van der Waals surface area (Å²) in [7, 11) is -0.647. The van der Waals surface area contributed by atoms with E-state index < -0.39 is 10.0 Å². The third-order valence-corrected chi connectivity index (χ3v) is 8.68. The lowest BCUT2D eigenvalue weighted by atomic mass is 9.90. The summed E-state index contributed by atoms with van der Waals surface area (Å²) in [4.78, 5) is 12.6. The standard InChI is InChI=1S/C15H20OS/c1-17(10-4-5-11-17)14-9-8-12-6-2-3-7-13(12)15(14)16/h2-3,6-7,14H,4-5,8-11H2,1H3. The fourth-order valence-corrected chi connectivity index (χ4v) is 7.19. The van der Waals surface area contributed by atoms with E-state index in [1.54, 1.807) is 0 Å². The molecule has 1 unspecified atom stereocenters. The Kier molecular flexibility index (Phi) is 2.78. The number of carbonyl (C=O) groups is 1. The summed E-state index contributed by atoms with van der Waals surface area (Å²) in [6.07, 6.45) is 7.31. The van der Waals surface area contributed by atoms with Crippen molar-refractivity contribution in [3.63, 3.8) is 0 Å². The molecule has 1 atom stereocenters. The largest absolute Gasteiger partial charge is 0.293 e. The van der Waals surface area contributed by atoms with Gasteiger partial charge in [0.2, 0.25) is 0 Å². The minimum Gasteiger partial charge on any atom is -0.293 e. The summed E-state index contributed by atoms with van der Waals surface area (Å²) in [6, 6.07) is 8.21. The second-order valence-electron chi connectivity index (χ2n) is 5.51. The van der Waals surface area contributed by atoms with Crippen LogP contribution in [0.2, 0.25) is 0 Å². The van der Waals surface area contributed by atoms with Gasteiger partial charge in [-0.1, -0.05) is 24.3 Å². The van der Waals surface area contributed by atoms with Crippen LogP contribution in [0.5, 0.6) is 0 Å². The zero-order valence-electron chi connectivity index (χ0n) is 10.4. The minimum absolute atomic E-state index is 0.361. The number of ketones is 1. The molecule has 1 aliphatic heterocycles. The lowest BCUT2D eigenvalue weighted by molar-refractivity contribution is 0.0978. The second-order valence-corrected chi connectivity index (χ2v) is 9.60. The van der Waals surface area contributed by atoms with Gasteiger partial charge in [0, 0.05) is 5.56 Å². The summed E-state index contributed by atoms with van der Waals surface area (Å²) in [5, 5.41) is 0.361. The molecule has 0 saturated carbocycles. The van der Waals surface area contributed by atoms with Crippen molar-refractivity contribution in [3.8, 4) is 0 Å². The Labute approximate surface area is 105 Å². The van der Waals surface area contributed by atoms with E-state index >= 15 is 0 Å². The number of hydrogen-bond acceptors (Lipinski definition) is 1. The number of hydrogen-bond donors (Lipinski definition) is 0. The van der Waals surface area contributed by atoms with Crippen LogP contribution in [0.4, 0.5) is 0 Å². The van der Waals surface area contributed by atoms with E-state index in [4.69, 9.17) is 0 Å². The normalized spacial score (nSPS) is 28.8. The van der Waals surface area contributed by atoms with Gasteiger partial charge in [-0.15, -0.1) is 0 Å². The van der Waals surface area contributed by atoms with Crippen molar-refractivity contribution < 1.29 is 4.79 Å². The number of carbonyl (C=O) groups excluding carboxylic acids is 1. The highest BCUT2D eigenvalue weighted by Crippen LogP contribution is 2.57. The molecule has 3 rings (SSSR count). The van der Waals surface area contributed by atoms with Gasteiger partial charge in [-0.05, 0) is 49.0 Å². The number of rotatable bonds is 1. The molecule has 0 N–H and O–H groups in total. The minimum atomic E-state index is -0.647. The van der Waals surface area contributed by atoms with Crippen LogP contribution < -0.4 is 0 Å². The van der Waals surface area contributed by atoms with Gasteiger partial charge < -0.3 is 0 Å². The number of benzene rings is 1. The Bertz CT molecular complexity index is 446. The second kappa shape index (κ2) is 4.16. The third-order valence-electron chi connectivity index (χ3n) is 4.41. The molecule has 0 spiro atoms. The van der Waals surface area contributed by atoms with Gasteiger partial charge in [0.15, 0.2) is 5.78 Å². The van der Waals surface area contributed by atoms with Gasteiger partial charge in [0.1, 0.15) is 0 Å². The van der Waals surface area contributed by atoms with Crippen molar-refractivity contribution in [2.75, 3.05) is 17.8 Å². The van der Waals surface area contributed by atoms with Crippen LogP contribution in [-0.4, -0.2) is 28.8 Å². The van der Waals surface area contributed by atoms with Crippen LogP contribution in [-0.2, 0) is 6.42 Å². The summed E-state index contributed by atoms with van der Waals surface area (Å²) in [5.74, 6) is 3.10. The molecule has 1 heterocycles. The smallest absolute Gasteiger partial charge is 0.174 e. The third kappa shape index (κ3) is 1.83. The molecule has 1 aromatic carbocycles. The van der Waals surface area contributed by atoms with E-state index in [2.05, 4.69) is 18.4 Å². The molecule has 92 valence electrons. The number of fused-ring (bicyclic) bond motifs is 1. The molecule has 0 bridgehead atoms. The van der Waals surface area contributed by atoms with Crippen LogP contribution in [0.25, 0.3) is 0 Å². The van der Waals surface area contributed by atoms with Crippen LogP contribution in [0.1, 0.15) is 35.2 Å². The topological polar surface area (TPSA) is 17.1 Å². The van der Waals surface area contributed by atoms with Gasteiger partial charge in [-0.3, -0.25) is 4.79 Å². The molecule has 2 aliphatic rings. The zero-order chi connectivity index (χ0) is 11.9. The van der Waals surface area contributed by atoms with Crippen molar-refractivity contribution >= 4 is 15.8 Å². The first-order valence-corrected chi connectivity index (χ1v) is 9.00. The van der Waals surface area contributed by atoms with E-state index in [1.165, 1.54) is 29.9 Å². The molecule has 1 aliphatic carbocycles. The van der Waals surface area contributed by atoms with Crippen LogP contribution in [0, 0.1) is 0 Å². The lowest BCUT2D eigenvalue weighted by Gasteiger charge is -2.41. The van der Waals surface area contributed by atoms with Crippen molar-refractivity contribution in [1.82, 2.24) is 0 Å². The molecular formula is C15H20OS. The van der Waals surface area contributed by atoms with Gasteiger partial charge in [-0.2, -0.15) is 0 Å². The SMILES string of the molecule is CS1(C2CCc3ccccc3C2=O)CCCC1. The van der Waals surface area contributed by atoms with Gasteiger partial charge in [0.05, 0.1) is 5.25 Å². The Hall–Kier alpha value is -0.760. The van der Waals surface area contributed by atoms with Crippen molar-refractivity contribution in [3.05, 3.63) is 35.4 Å². The number of Topliss-reactive ketones (excluding diaryl/α,β-unsaturated/α-hetero) is 1. The lowest BCUT2D eigenvalue weighted by Crippen LogP contribution is -2.33. The first-order chi connectivity index (χ1) is 8.21. The van der Waals surface area contributed by atoms with Crippen molar-refractivity contribution in [1.29, 1.82) is 0 Å². The zero-order valence-corrected chi connectivity index (χ0v) is 11.3. The monoisotopic (exact) mass is 248 g/mol. The summed E-state index contributed by atoms with van der Waals surface area (Å²) < 4.78 is 0. The highest BCUT2D eigenvalue weighted by atomic mass is 32.3. The first kappa shape index (κ1) is 11.3. The Morgan fingerprint density at radius 3 is 2.65 bits per heavy atom. The predicted molar refractivity (Wildman–Crippen MR) is 75.4 cm³/mol. The Balaban J connectivity index is 1.94. The fourth-order valence-electron chi connectivity index (χ4n) is 3.36. The highest BCUT2D eigenvalue weighted by molar-refractivity contribution is 8.34. The highest BCUT2D eigenvalue weighted by Gasteiger charge is 2.39. The van der Waals surface area contributed by atoms with Crippen LogP contribution in [0.15, 0.2) is 24.3 Å². The summed E-state index contributed by atoms with van der Waals surface area (Å²) in [6.45, 7) is 0. The number of aryl methyl sites for hydroxylation is 1. The average Bonchev–Trinajstić information content (AvgIpc) is 2.78. The maximum Gasteiger partial charge on any atom is 0.174 e. The van der Waals surface area contributed by atoms with E-state index in [0.717, 1.165) is 18.4 Å². The average molecular weight is 248 g/mol. The first-order valence-electron chi connectivity index (χ1n) is 6.55. The van der Waals surface area contributed by atoms with Gasteiger partial charge >= 0.3 is 0 Å². The molecule has 1 aromatic rings. The molecule has 0 aromatic heterocycles. The molecule has 1 saturated heterocycles. The molecule has 0 radical (unpaired) electrons. The summed E-state index contributed by atoms with van der Waals surface area (Å²) in [5.41, 5.74) is 2.29. The summed E-state index contributed by atoms with van der Waals surface area (Å²) >= 11 is 0. The van der Waals surface area contributed by atoms with E-state index in [-0.39, 0.29) is 0 Å². The van der Waals surface area contributed by atoms with E-state index in [9.17, 15) is 4.79 Å². The van der Waals surface area contributed by atoms with Crippen LogP contribution in [0.3, 0.4) is 0 Å². The molecule has 17 heavy (non-hydrogen) atoms. The molecule has 0 amide bonds. The van der Waals surface area contributed by atoms with E-state index in [0.29, 0.717) is 11.0 Å². The predicted octanol–water partition coefficient (Wildman–Crippen LogP) is 3.41. The Morgan fingerprint density at radius 1 is 1.18 bits per heavy atom. The van der Waals surface area contributed by atoms with Gasteiger partial charge in [-0.25, -0.2) is 10.0 Å². The fraction of sp³-hybridized carbons (Fsp3) is 0.533. The maximum absolute atomic E-state index is 12.6. The van der Waals surface area contributed by atoms with Crippen LogP contribution >= 0.6 is 10.0 Å². The van der Waals surface area contributed by atoms with E-state index in [1.807, 2.05) is 12.1 Å². The molecule has 2 heteroatoms. The maximum atomic E-state index is 12.6. The van der Waals surface area contributed by atoms with Crippen molar-refractivity contribution in [2.45, 2.75) is 30.9 Å². The molecular weight excluding hydrogens is 228 g/mol. The van der Waals surface area contributed by atoms with Gasteiger partial charge in [0.25, 0.3) is 0 Å². The molecule has 1 nitrogen and oxygen atoms in total.